The van der Waals surface area contributed by atoms with E-state index in [1.54, 1.807) is 18.2 Å². The van der Waals surface area contributed by atoms with Crippen molar-refractivity contribution >= 4 is 22.7 Å². The number of aromatic amines is 1. The summed E-state index contributed by atoms with van der Waals surface area (Å²) in [5, 5.41) is 8.24. The lowest BCUT2D eigenvalue weighted by atomic mass is 10.1. The number of fused-ring (bicyclic) bond motifs is 1. The van der Waals surface area contributed by atoms with Crippen LogP contribution in [0.2, 0.25) is 0 Å². The van der Waals surface area contributed by atoms with E-state index in [1.165, 1.54) is 23.9 Å². The summed E-state index contributed by atoms with van der Waals surface area (Å²) in [6.07, 6.45) is 0. The molecule has 0 atom stereocenters. The Balaban J connectivity index is 1.60. The minimum Gasteiger partial charge on any atom is -0.423 e. The summed E-state index contributed by atoms with van der Waals surface area (Å²) in [5.41, 5.74) is 2.41. The number of aromatic nitrogens is 3. The zero-order valence-corrected chi connectivity index (χ0v) is 14.6. The predicted octanol–water partition coefficient (Wildman–Crippen LogP) is 4.32. The summed E-state index contributed by atoms with van der Waals surface area (Å²) in [6, 6.07) is 13.6. The van der Waals surface area contributed by atoms with Crippen LogP contribution in [0.4, 0.5) is 4.39 Å². The number of aryl methyl sites for hydroxylation is 1. The van der Waals surface area contributed by atoms with E-state index in [9.17, 15) is 9.18 Å². The van der Waals surface area contributed by atoms with Crippen LogP contribution in [0.3, 0.4) is 0 Å². The Morgan fingerprint density at radius 2 is 2.04 bits per heavy atom. The number of nitrogens with one attached hydrogen (secondary N) is 1. The van der Waals surface area contributed by atoms with Gasteiger partial charge in [0.1, 0.15) is 11.4 Å². The van der Waals surface area contributed by atoms with Gasteiger partial charge in [-0.05, 0) is 36.2 Å². The molecule has 4 aromatic rings. The van der Waals surface area contributed by atoms with Gasteiger partial charge in [-0.25, -0.2) is 14.2 Å². The first-order chi connectivity index (χ1) is 12.6. The third-order valence-electron chi connectivity index (χ3n) is 3.94. The van der Waals surface area contributed by atoms with Crippen molar-refractivity contribution in [1.29, 1.82) is 0 Å². The van der Waals surface area contributed by atoms with Gasteiger partial charge in [0.25, 0.3) is 0 Å². The number of hydrogen-bond acceptors (Lipinski definition) is 5. The number of benzene rings is 2. The van der Waals surface area contributed by atoms with Gasteiger partial charge in [-0.2, -0.15) is 0 Å². The SMILES string of the molecule is Cc1ccc2c(CSc3n[nH]c(-c4ccccc4F)n3)cc(=O)oc2c1. The largest absolute Gasteiger partial charge is 0.423 e. The maximum Gasteiger partial charge on any atom is 0.336 e. The average Bonchev–Trinajstić information content (AvgIpc) is 3.08. The van der Waals surface area contributed by atoms with Crippen LogP contribution < -0.4 is 5.63 Å². The molecule has 0 saturated heterocycles. The van der Waals surface area contributed by atoms with Gasteiger partial charge in [0.2, 0.25) is 5.16 Å². The normalized spacial score (nSPS) is 11.2. The van der Waals surface area contributed by atoms with E-state index in [4.69, 9.17) is 4.42 Å². The van der Waals surface area contributed by atoms with Crippen molar-refractivity contribution in [2.75, 3.05) is 0 Å². The van der Waals surface area contributed by atoms with Crippen LogP contribution in [0.15, 0.2) is 62.9 Å². The zero-order chi connectivity index (χ0) is 18.1. The third-order valence-corrected chi connectivity index (χ3v) is 4.83. The molecule has 0 saturated carbocycles. The van der Waals surface area contributed by atoms with Crippen molar-refractivity contribution in [3.8, 4) is 11.4 Å². The number of H-pyrrole nitrogens is 1. The Bertz CT molecular complexity index is 1150. The fraction of sp³-hybridized carbons (Fsp3) is 0.105. The second-order valence-corrected chi connectivity index (χ2v) is 6.77. The van der Waals surface area contributed by atoms with E-state index in [2.05, 4.69) is 15.2 Å². The minimum absolute atomic E-state index is 0.359. The summed E-state index contributed by atoms with van der Waals surface area (Å²) in [4.78, 5) is 16.1. The molecule has 0 aliphatic carbocycles. The van der Waals surface area contributed by atoms with Gasteiger partial charge in [0.05, 0.1) is 5.56 Å². The van der Waals surface area contributed by atoms with Crippen LogP contribution in [-0.2, 0) is 5.75 Å². The molecule has 2 aromatic heterocycles. The lowest BCUT2D eigenvalue weighted by molar-refractivity contribution is 0.559. The lowest BCUT2D eigenvalue weighted by Gasteiger charge is -2.04. The standard InChI is InChI=1S/C19H14FN3O2S/c1-11-6-7-13-12(9-17(24)25-16(13)8-11)10-26-19-21-18(22-23-19)14-4-2-3-5-15(14)20/h2-9H,10H2,1H3,(H,21,22,23). The topological polar surface area (TPSA) is 71.8 Å². The average molecular weight is 367 g/mol. The Labute approximate surface area is 152 Å². The van der Waals surface area contributed by atoms with Crippen molar-refractivity contribution in [3.05, 3.63) is 75.9 Å². The second-order valence-electron chi connectivity index (χ2n) is 5.83. The summed E-state index contributed by atoms with van der Waals surface area (Å²) < 4.78 is 19.1. The second kappa shape index (κ2) is 6.76. The highest BCUT2D eigenvalue weighted by molar-refractivity contribution is 7.98. The van der Waals surface area contributed by atoms with Gasteiger partial charge < -0.3 is 4.42 Å². The number of halogens is 1. The fourth-order valence-electron chi connectivity index (χ4n) is 2.68. The van der Waals surface area contributed by atoms with Gasteiger partial charge >= 0.3 is 5.63 Å². The number of thioether (sulfide) groups is 1. The minimum atomic E-state index is -0.388. The third kappa shape index (κ3) is 3.25. The Kier molecular flexibility index (Phi) is 4.30. The smallest absolute Gasteiger partial charge is 0.336 e. The number of hydrogen-bond donors (Lipinski definition) is 1. The lowest BCUT2D eigenvalue weighted by Crippen LogP contribution is -2.00. The van der Waals surface area contributed by atoms with Crippen LogP contribution in [0.25, 0.3) is 22.4 Å². The molecule has 0 radical (unpaired) electrons. The molecule has 2 heterocycles. The first-order valence-corrected chi connectivity index (χ1v) is 8.92. The number of rotatable bonds is 4. The van der Waals surface area contributed by atoms with Gasteiger partial charge in [0, 0.05) is 17.2 Å². The quantitative estimate of drug-likeness (QED) is 0.430. The molecule has 0 unspecified atom stereocenters. The molecule has 0 fully saturated rings. The summed E-state index contributed by atoms with van der Waals surface area (Å²) in [7, 11) is 0. The Morgan fingerprint density at radius 3 is 2.88 bits per heavy atom. The van der Waals surface area contributed by atoms with E-state index in [-0.39, 0.29) is 11.4 Å². The highest BCUT2D eigenvalue weighted by Crippen LogP contribution is 2.27. The van der Waals surface area contributed by atoms with Gasteiger partial charge in [-0.1, -0.05) is 36.0 Å². The van der Waals surface area contributed by atoms with E-state index in [0.717, 1.165) is 16.5 Å². The van der Waals surface area contributed by atoms with Crippen molar-refractivity contribution in [1.82, 2.24) is 15.2 Å². The molecule has 1 N–H and O–H groups in total. The molecular formula is C19H14FN3O2S. The maximum atomic E-state index is 13.8. The molecule has 4 rings (SSSR count). The maximum absolute atomic E-state index is 13.8. The zero-order valence-electron chi connectivity index (χ0n) is 13.8. The fourth-order valence-corrected chi connectivity index (χ4v) is 3.47. The monoisotopic (exact) mass is 367 g/mol. The van der Waals surface area contributed by atoms with Gasteiger partial charge in [-0.15, -0.1) is 5.10 Å². The molecular weight excluding hydrogens is 353 g/mol. The Hall–Kier alpha value is -2.93. The molecule has 0 aliphatic heterocycles. The van der Waals surface area contributed by atoms with Crippen LogP contribution >= 0.6 is 11.8 Å². The molecule has 5 nitrogen and oxygen atoms in total. The molecule has 2 aromatic carbocycles. The molecule has 130 valence electrons. The van der Waals surface area contributed by atoms with Gasteiger partial charge in [0.15, 0.2) is 5.82 Å². The summed E-state index contributed by atoms with van der Waals surface area (Å²) in [6.45, 7) is 1.94. The first kappa shape index (κ1) is 16.5. The molecule has 0 amide bonds. The number of nitrogens with zero attached hydrogens (tertiary/aromatic N) is 2. The molecule has 0 aliphatic rings. The van der Waals surface area contributed by atoms with Crippen LogP contribution in [0.1, 0.15) is 11.1 Å². The van der Waals surface area contributed by atoms with Crippen LogP contribution in [0.5, 0.6) is 0 Å². The first-order valence-electron chi connectivity index (χ1n) is 7.93. The summed E-state index contributed by atoms with van der Waals surface area (Å²) >= 11 is 1.37. The molecule has 26 heavy (non-hydrogen) atoms. The molecule has 0 bridgehead atoms. The highest BCUT2D eigenvalue weighted by atomic mass is 32.2. The van der Waals surface area contributed by atoms with Crippen molar-refractivity contribution < 1.29 is 8.81 Å². The van der Waals surface area contributed by atoms with E-state index in [0.29, 0.717) is 27.9 Å². The Morgan fingerprint density at radius 1 is 1.19 bits per heavy atom. The van der Waals surface area contributed by atoms with E-state index in [1.807, 2.05) is 25.1 Å². The van der Waals surface area contributed by atoms with Crippen LogP contribution in [0, 0.1) is 12.7 Å². The molecule has 7 heteroatoms. The van der Waals surface area contributed by atoms with Crippen molar-refractivity contribution in [2.45, 2.75) is 17.8 Å². The van der Waals surface area contributed by atoms with Crippen LogP contribution in [-0.4, -0.2) is 15.2 Å². The summed E-state index contributed by atoms with van der Waals surface area (Å²) in [5.74, 6) is 0.514. The van der Waals surface area contributed by atoms with E-state index < -0.39 is 0 Å². The van der Waals surface area contributed by atoms with E-state index >= 15 is 0 Å². The molecule has 0 spiro atoms. The predicted molar refractivity (Wildman–Crippen MR) is 98.6 cm³/mol. The van der Waals surface area contributed by atoms with Crippen molar-refractivity contribution in [2.24, 2.45) is 0 Å². The van der Waals surface area contributed by atoms with Crippen molar-refractivity contribution in [3.63, 3.8) is 0 Å². The highest BCUT2D eigenvalue weighted by Gasteiger charge is 2.12. The van der Waals surface area contributed by atoms with Gasteiger partial charge in [-0.3, -0.25) is 5.10 Å².